The third-order valence-electron chi connectivity index (χ3n) is 4.95. The summed E-state index contributed by atoms with van der Waals surface area (Å²) in [5, 5.41) is 15.4. The lowest BCUT2D eigenvalue weighted by atomic mass is 9.97. The molecule has 2 atom stereocenters. The van der Waals surface area contributed by atoms with Gasteiger partial charge in [0, 0.05) is 11.6 Å². The van der Waals surface area contributed by atoms with Crippen molar-refractivity contribution in [1.29, 1.82) is 0 Å². The summed E-state index contributed by atoms with van der Waals surface area (Å²) in [6, 6.07) is 3.54. The summed E-state index contributed by atoms with van der Waals surface area (Å²) in [6.45, 7) is 14.1. The van der Waals surface area contributed by atoms with Gasteiger partial charge in [-0.2, -0.15) is 0 Å². The number of aliphatic hydroxyl groups excluding tert-OH is 1. The molecule has 2 unspecified atom stereocenters. The van der Waals surface area contributed by atoms with E-state index in [0.717, 1.165) is 24.0 Å². The van der Waals surface area contributed by atoms with E-state index in [1.165, 1.54) is 4.90 Å². The molecule has 1 fully saturated rings. The molecule has 1 aliphatic carbocycles. The monoisotopic (exact) mass is 461 g/mol. The largest absolute Gasteiger partial charge is 0.444 e. The van der Waals surface area contributed by atoms with Crippen LogP contribution in [0.15, 0.2) is 18.2 Å². The normalized spacial score (nSPS) is 15.9. The van der Waals surface area contributed by atoms with Crippen molar-refractivity contribution in [2.45, 2.75) is 97.5 Å². The first-order valence-electron chi connectivity index (χ1n) is 11.4. The van der Waals surface area contributed by atoms with Gasteiger partial charge in [-0.25, -0.2) is 4.79 Å². The van der Waals surface area contributed by atoms with Gasteiger partial charge in [-0.1, -0.05) is 29.3 Å². The standard InChI is InChI=1S/C25H39N3O5/c1-15-11-16(2)13-17(12-15)20(21(30)27-24(3,4)5)28(18-9-10-18)22(31)19(14-29)26-23(32)33-25(6,7)8/h11-13,18-20,29H,9-10,14H2,1-8H3,(H,26,32)(H,27,30). The van der Waals surface area contributed by atoms with Gasteiger partial charge in [0.2, 0.25) is 11.8 Å². The third-order valence-corrected chi connectivity index (χ3v) is 4.95. The Labute approximate surface area is 197 Å². The minimum absolute atomic E-state index is 0.150. The topological polar surface area (TPSA) is 108 Å². The molecular formula is C25H39N3O5. The second-order valence-electron chi connectivity index (χ2n) is 10.9. The molecule has 8 nitrogen and oxygen atoms in total. The van der Waals surface area contributed by atoms with Gasteiger partial charge in [-0.05, 0) is 73.8 Å². The molecule has 0 saturated heterocycles. The van der Waals surface area contributed by atoms with Crippen molar-refractivity contribution in [2.24, 2.45) is 0 Å². The lowest BCUT2D eigenvalue weighted by Crippen LogP contribution is -2.56. The van der Waals surface area contributed by atoms with Crippen LogP contribution in [0, 0.1) is 13.8 Å². The smallest absolute Gasteiger partial charge is 0.408 e. The molecular weight excluding hydrogens is 422 g/mol. The lowest BCUT2D eigenvalue weighted by Gasteiger charge is -2.36. The second-order valence-corrected chi connectivity index (χ2v) is 10.9. The van der Waals surface area contributed by atoms with Gasteiger partial charge in [0.15, 0.2) is 0 Å². The number of benzene rings is 1. The number of nitrogens with zero attached hydrogens (tertiary/aromatic N) is 1. The number of ether oxygens (including phenoxy) is 1. The maximum absolute atomic E-state index is 13.6. The van der Waals surface area contributed by atoms with Gasteiger partial charge in [0.05, 0.1) is 6.61 Å². The maximum atomic E-state index is 13.6. The number of aryl methyl sites for hydroxylation is 2. The molecule has 1 aromatic carbocycles. The molecule has 3 amide bonds. The number of amides is 3. The van der Waals surface area contributed by atoms with Crippen molar-refractivity contribution in [3.05, 3.63) is 34.9 Å². The molecule has 0 radical (unpaired) electrons. The summed E-state index contributed by atoms with van der Waals surface area (Å²) in [7, 11) is 0. The Kier molecular flexibility index (Phi) is 8.17. The summed E-state index contributed by atoms with van der Waals surface area (Å²) < 4.78 is 5.25. The fraction of sp³-hybridized carbons (Fsp3) is 0.640. The van der Waals surface area contributed by atoms with Gasteiger partial charge < -0.3 is 25.4 Å². The van der Waals surface area contributed by atoms with Crippen LogP contribution < -0.4 is 10.6 Å². The van der Waals surface area contributed by atoms with E-state index >= 15 is 0 Å². The Morgan fingerprint density at radius 3 is 2.03 bits per heavy atom. The van der Waals surface area contributed by atoms with Crippen molar-refractivity contribution in [1.82, 2.24) is 15.5 Å². The molecule has 0 aliphatic heterocycles. The Morgan fingerprint density at radius 2 is 1.61 bits per heavy atom. The van der Waals surface area contributed by atoms with Crippen molar-refractivity contribution >= 4 is 17.9 Å². The van der Waals surface area contributed by atoms with E-state index in [1.807, 2.05) is 52.8 Å². The highest BCUT2D eigenvalue weighted by atomic mass is 16.6. The molecule has 3 N–H and O–H groups in total. The van der Waals surface area contributed by atoms with E-state index in [1.54, 1.807) is 20.8 Å². The quantitative estimate of drug-likeness (QED) is 0.578. The van der Waals surface area contributed by atoms with Crippen molar-refractivity contribution in [3.8, 4) is 0 Å². The van der Waals surface area contributed by atoms with Crippen LogP contribution >= 0.6 is 0 Å². The third kappa shape index (κ3) is 8.03. The lowest BCUT2D eigenvalue weighted by molar-refractivity contribution is -0.144. The zero-order chi connectivity index (χ0) is 25.1. The number of rotatable bonds is 7. The Hall–Kier alpha value is -2.61. The van der Waals surface area contributed by atoms with Crippen LogP contribution in [0.3, 0.4) is 0 Å². The number of hydrogen-bond acceptors (Lipinski definition) is 5. The van der Waals surface area contributed by atoms with Crippen molar-refractivity contribution in [2.75, 3.05) is 6.61 Å². The SMILES string of the molecule is Cc1cc(C)cc(C(C(=O)NC(C)(C)C)N(C(=O)C(CO)NC(=O)OC(C)(C)C)C2CC2)c1. The average molecular weight is 462 g/mol. The zero-order valence-corrected chi connectivity index (χ0v) is 21.1. The fourth-order valence-electron chi connectivity index (χ4n) is 3.73. The number of carbonyl (C=O) groups excluding carboxylic acids is 3. The molecule has 0 aromatic heterocycles. The van der Waals surface area contributed by atoms with Crippen LogP contribution in [0.5, 0.6) is 0 Å². The molecule has 0 spiro atoms. The summed E-state index contributed by atoms with van der Waals surface area (Å²) in [4.78, 5) is 40.9. The van der Waals surface area contributed by atoms with E-state index in [4.69, 9.17) is 4.74 Å². The maximum Gasteiger partial charge on any atom is 0.408 e. The fourth-order valence-corrected chi connectivity index (χ4v) is 3.73. The highest BCUT2D eigenvalue weighted by Gasteiger charge is 2.44. The van der Waals surface area contributed by atoms with E-state index in [9.17, 15) is 19.5 Å². The number of hydrogen-bond donors (Lipinski definition) is 3. The second kappa shape index (κ2) is 10.1. The van der Waals surface area contributed by atoms with Crippen LogP contribution in [0.4, 0.5) is 4.79 Å². The van der Waals surface area contributed by atoms with Crippen molar-refractivity contribution in [3.63, 3.8) is 0 Å². The van der Waals surface area contributed by atoms with Gasteiger partial charge in [0.1, 0.15) is 17.7 Å². The molecule has 1 saturated carbocycles. The molecule has 1 aliphatic rings. The summed E-state index contributed by atoms with van der Waals surface area (Å²) >= 11 is 0. The molecule has 2 rings (SSSR count). The number of aliphatic hydroxyl groups is 1. The van der Waals surface area contributed by atoms with Gasteiger partial charge in [0.25, 0.3) is 0 Å². The van der Waals surface area contributed by atoms with Crippen LogP contribution in [0.1, 0.15) is 77.1 Å². The average Bonchev–Trinajstić information content (AvgIpc) is 3.44. The highest BCUT2D eigenvalue weighted by Crippen LogP contribution is 2.36. The first-order valence-corrected chi connectivity index (χ1v) is 11.4. The Morgan fingerprint density at radius 1 is 1.06 bits per heavy atom. The van der Waals surface area contributed by atoms with E-state index in [-0.39, 0.29) is 11.9 Å². The molecule has 33 heavy (non-hydrogen) atoms. The molecule has 0 heterocycles. The highest BCUT2D eigenvalue weighted by molar-refractivity contribution is 5.93. The summed E-state index contributed by atoms with van der Waals surface area (Å²) in [5.74, 6) is -0.819. The Bertz CT molecular complexity index is 861. The predicted octanol–water partition coefficient (Wildman–Crippen LogP) is 3.14. The first kappa shape index (κ1) is 26.6. The molecule has 184 valence electrons. The van der Waals surface area contributed by atoms with E-state index in [2.05, 4.69) is 10.6 Å². The summed E-state index contributed by atoms with van der Waals surface area (Å²) in [6.07, 6.45) is 0.702. The summed E-state index contributed by atoms with van der Waals surface area (Å²) in [5.41, 5.74) is 1.40. The number of alkyl carbamates (subject to hydrolysis) is 1. The van der Waals surface area contributed by atoms with Gasteiger partial charge >= 0.3 is 6.09 Å². The van der Waals surface area contributed by atoms with Crippen LogP contribution in [0.25, 0.3) is 0 Å². The van der Waals surface area contributed by atoms with Crippen LogP contribution in [-0.2, 0) is 14.3 Å². The van der Waals surface area contributed by atoms with Crippen LogP contribution in [-0.4, -0.2) is 57.7 Å². The van der Waals surface area contributed by atoms with Crippen LogP contribution in [0.2, 0.25) is 0 Å². The van der Waals surface area contributed by atoms with Crippen molar-refractivity contribution < 1.29 is 24.2 Å². The molecule has 1 aromatic rings. The van der Waals surface area contributed by atoms with E-state index in [0.29, 0.717) is 5.56 Å². The predicted molar refractivity (Wildman–Crippen MR) is 127 cm³/mol. The Balaban J connectivity index is 2.44. The molecule has 0 bridgehead atoms. The number of carbonyl (C=O) groups is 3. The number of nitrogens with one attached hydrogen (secondary N) is 2. The minimum atomic E-state index is -1.23. The van der Waals surface area contributed by atoms with Gasteiger partial charge in [-0.3, -0.25) is 9.59 Å². The molecule has 8 heteroatoms. The van der Waals surface area contributed by atoms with Gasteiger partial charge in [-0.15, -0.1) is 0 Å². The first-order chi connectivity index (χ1) is 15.1. The van der Waals surface area contributed by atoms with E-state index < -0.39 is 41.8 Å². The minimum Gasteiger partial charge on any atom is -0.444 e. The zero-order valence-electron chi connectivity index (χ0n) is 21.1.